The Morgan fingerprint density at radius 2 is 1.92 bits per heavy atom. The second-order valence-electron chi connectivity index (χ2n) is 5.95. The van der Waals surface area contributed by atoms with Crippen molar-refractivity contribution in [1.29, 1.82) is 0 Å². The number of benzene rings is 1. The fourth-order valence-corrected chi connectivity index (χ4v) is 3.71. The fourth-order valence-electron chi connectivity index (χ4n) is 2.95. The minimum Gasteiger partial charge on any atom is -0.350 e. The molecule has 0 bridgehead atoms. The first-order chi connectivity index (χ1) is 12.4. The van der Waals surface area contributed by atoms with Crippen LogP contribution in [-0.2, 0) is 4.79 Å². The number of carbonyl (C=O) groups is 3. The maximum Gasteiger partial charge on any atom is 0.288 e. The summed E-state index contributed by atoms with van der Waals surface area (Å²) in [6, 6.07) is 7.81. The third-order valence-electron chi connectivity index (χ3n) is 4.22. The lowest BCUT2D eigenvalue weighted by atomic mass is 10.2. The van der Waals surface area contributed by atoms with E-state index in [4.69, 9.17) is 0 Å². The molecular formula is C18H18FN3O3S. The van der Waals surface area contributed by atoms with Crippen LogP contribution in [0, 0.1) is 19.7 Å². The number of nitrogens with one attached hydrogen (secondary N) is 1. The highest BCUT2D eigenvalue weighted by Crippen LogP contribution is 2.21. The third-order valence-corrected chi connectivity index (χ3v) is 5.08. The van der Waals surface area contributed by atoms with Crippen LogP contribution >= 0.6 is 11.8 Å². The van der Waals surface area contributed by atoms with Crippen LogP contribution in [0.25, 0.3) is 5.69 Å². The van der Waals surface area contributed by atoms with Crippen LogP contribution < -0.4 is 5.32 Å². The molecule has 1 N–H and O–H groups in total. The molecule has 6 nitrogen and oxygen atoms in total. The van der Waals surface area contributed by atoms with Gasteiger partial charge in [-0.1, -0.05) is 11.8 Å². The molecule has 2 heterocycles. The highest BCUT2D eigenvalue weighted by molar-refractivity contribution is 8.14. The van der Waals surface area contributed by atoms with E-state index < -0.39 is 0 Å². The summed E-state index contributed by atoms with van der Waals surface area (Å²) in [5.41, 5.74) is 2.85. The maximum absolute atomic E-state index is 13.1. The van der Waals surface area contributed by atoms with Gasteiger partial charge in [0.1, 0.15) is 5.82 Å². The average molecular weight is 375 g/mol. The number of carbonyl (C=O) groups excluding carboxylic acids is 3. The molecule has 3 amide bonds. The average Bonchev–Trinajstić information content (AvgIpc) is 3.08. The fraction of sp³-hybridized carbons (Fsp3) is 0.278. The Bertz CT molecular complexity index is 861. The zero-order valence-electron chi connectivity index (χ0n) is 14.4. The predicted octanol–water partition coefficient (Wildman–Crippen LogP) is 2.66. The summed E-state index contributed by atoms with van der Waals surface area (Å²) < 4.78 is 15.0. The topological polar surface area (TPSA) is 71.4 Å². The zero-order chi connectivity index (χ0) is 18.8. The summed E-state index contributed by atoms with van der Waals surface area (Å²) in [5, 5.41) is 2.46. The van der Waals surface area contributed by atoms with Crippen molar-refractivity contribution in [2.24, 2.45) is 0 Å². The van der Waals surface area contributed by atoms with Gasteiger partial charge >= 0.3 is 0 Å². The molecule has 1 aromatic heterocycles. The van der Waals surface area contributed by atoms with Crippen molar-refractivity contribution >= 4 is 28.8 Å². The molecule has 136 valence electrons. The smallest absolute Gasteiger partial charge is 0.288 e. The van der Waals surface area contributed by atoms with Crippen molar-refractivity contribution < 1.29 is 18.8 Å². The molecule has 0 unspecified atom stereocenters. The first-order valence-electron chi connectivity index (χ1n) is 8.08. The van der Waals surface area contributed by atoms with Crippen molar-refractivity contribution in [2.75, 3.05) is 18.8 Å². The van der Waals surface area contributed by atoms with Crippen molar-refractivity contribution in [3.63, 3.8) is 0 Å². The molecule has 3 rings (SSSR count). The van der Waals surface area contributed by atoms with Crippen LogP contribution in [0.3, 0.4) is 0 Å². The van der Waals surface area contributed by atoms with Gasteiger partial charge in [-0.25, -0.2) is 4.39 Å². The SMILES string of the molecule is Cc1cc(C(=O)NCCN2C(=O)CSC2=O)c(C)n1-c1ccc(F)cc1. The number of imide groups is 1. The van der Waals surface area contributed by atoms with Crippen molar-refractivity contribution in [3.05, 3.63) is 53.1 Å². The molecule has 1 aliphatic rings. The Balaban J connectivity index is 1.70. The largest absolute Gasteiger partial charge is 0.350 e. The molecule has 0 spiro atoms. The van der Waals surface area contributed by atoms with E-state index in [2.05, 4.69) is 5.32 Å². The van der Waals surface area contributed by atoms with E-state index in [1.807, 2.05) is 18.4 Å². The van der Waals surface area contributed by atoms with E-state index in [0.717, 1.165) is 33.7 Å². The predicted molar refractivity (Wildman–Crippen MR) is 97.1 cm³/mol. The molecule has 1 fully saturated rings. The van der Waals surface area contributed by atoms with Gasteiger partial charge in [0.2, 0.25) is 5.91 Å². The number of thioether (sulfide) groups is 1. The van der Waals surface area contributed by atoms with Gasteiger partial charge in [0, 0.05) is 30.2 Å². The summed E-state index contributed by atoms with van der Waals surface area (Å²) >= 11 is 0.970. The molecule has 26 heavy (non-hydrogen) atoms. The highest BCUT2D eigenvalue weighted by atomic mass is 32.2. The number of hydrogen-bond acceptors (Lipinski definition) is 4. The summed E-state index contributed by atoms with van der Waals surface area (Å²) in [5.74, 6) is -0.675. The van der Waals surface area contributed by atoms with Crippen LogP contribution in [0.4, 0.5) is 9.18 Å². The van der Waals surface area contributed by atoms with Crippen LogP contribution in [0.1, 0.15) is 21.7 Å². The van der Waals surface area contributed by atoms with Gasteiger partial charge in [-0.15, -0.1) is 0 Å². The zero-order valence-corrected chi connectivity index (χ0v) is 15.2. The Hall–Kier alpha value is -2.61. The Labute approximate surface area is 154 Å². The summed E-state index contributed by atoms with van der Waals surface area (Å²) in [6.45, 7) is 4.03. The minimum atomic E-state index is -0.321. The Morgan fingerprint density at radius 1 is 1.23 bits per heavy atom. The third kappa shape index (κ3) is 3.50. The number of hydrogen-bond donors (Lipinski definition) is 1. The van der Waals surface area contributed by atoms with Gasteiger partial charge in [-0.05, 0) is 44.2 Å². The quantitative estimate of drug-likeness (QED) is 0.872. The molecule has 1 saturated heterocycles. The van der Waals surface area contributed by atoms with Crippen molar-refractivity contribution in [1.82, 2.24) is 14.8 Å². The van der Waals surface area contributed by atoms with Crippen molar-refractivity contribution in [3.8, 4) is 5.69 Å². The normalized spacial score (nSPS) is 14.2. The van der Waals surface area contributed by atoms with Gasteiger partial charge in [-0.2, -0.15) is 0 Å². The number of aromatic nitrogens is 1. The van der Waals surface area contributed by atoms with E-state index in [1.54, 1.807) is 18.2 Å². The molecule has 8 heteroatoms. The lowest BCUT2D eigenvalue weighted by Crippen LogP contribution is -2.37. The van der Waals surface area contributed by atoms with Crippen LogP contribution in [0.2, 0.25) is 0 Å². The van der Waals surface area contributed by atoms with Gasteiger partial charge in [-0.3, -0.25) is 19.3 Å². The van der Waals surface area contributed by atoms with Crippen LogP contribution in [-0.4, -0.2) is 45.4 Å². The Morgan fingerprint density at radius 3 is 2.54 bits per heavy atom. The molecule has 0 aliphatic carbocycles. The first kappa shape index (κ1) is 18.2. The molecule has 1 aromatic carbocycles. The number of rotatable bonds is 5. The Kier molecular flexibility index (Phi) is 5.13. The molecule has 1 aliphatic heterocycles. The number of amides is 3. The number of nitrogens with zero attached hydrogens (tertiary/aromatic N) is 2. The monoisotopic (exact) mass is 375 g/mol. The highest BCUT2D eigenvalue weighted by Gasteiger charge is 2.29. The summed E-state index contributed by atoms with van der Waals surface area (Å²) in [4.78, 5) is 36.7. The molecule has 2 aromatic rings. The van der Waals surface area contributed by atoms with Gasteiger partial charge in [0.25, 0.3) is 11.1 Å². The minimum absolute atomic E-state index is 0.158. The van der Waals surface area contributed by atoms with E-state index in [0.29, 0.717) is 5.56 Å². The molecule has 0 saturated carbocycles. The molecule has 0 radical (unpaired) electrons. The van der Waals surface area contributed by atoms with E-state index in [1.165, 1.54) is 12.1 Å². The second-order valence-corrected chi connectivity index (χ2v) is 6.88. The maximum atomic E-state index is 13.1. The van der Waals surface area contributed by atoms with Gasteiger partial charge in [0.05, 0.1) is 11.3 Å². The number of aryl methyl sites for hydroxylation is 1. The summed E-state index contributed by atoms with van der Waals surface area (Å²) in [7, 11) is 0. The van der Waals surface area contributed by atoms with Crippen LogP contribution in [0.5, 0.6) is 0 Å². The molecular weight excluding hydrogens is 357 g/mol. The van der Waals surface area contributed by atoms with E-state index in [-0.39, 0.29) is 41.7 Å². The summed E-state index contributed by atoms with van der Waals surface area (Å²) in [6.07, 6.45) is 0. The number of halogens is 1. The van der Waals surface area contributed by atoms with Crippen molar-refractivity contribution in [2.45, 2.75) is 13.8 Å². The first-order valence-corrected chi connectivity index (χ1v) is 9.07. The lowest BCUT2D eigenvalue weighted by molar-refractivity contribution is -0.124. The standard InChI is InChI=1S/C18H18FN3O3S/c1-11-9-15(12(2)22(11)14-5-3-13(19)4-6-14)17(24)20-7-8-21-16(23)10-26-18(21)25/h3-6,9H,7-8,10H2,1-2H3,(H,20,24). The van der Waals surface area contributed by atoms with Gasteiger partial charge in [0.15, 0.2) is 0 Å². The van der Waals surface area contributed by atoms with E-state index >= 15 is 0 Å². The molecule has 0 atom stereocenters. The second kappa shape index (κ2) is 7.33. The van der Waals surface area contributed by atoms with Crippen LogP contribution in [0.15, 0.2) is 30.3 Å². The lowest BCUT2D eigenvalue weighted by Gasteiger charge is -2.13. The van der Waals surface area contributed by atoms with E-state index in [9.17, 15) is 18.8 Å². The van der Waals surface area contributed by atoms with Gasteiger partial charge < -0.3 is 9.88 Å².